The average Bonchev–Trinajstić information content (AvgIpc) is 3.63. The molecule has 2 heterocycles. The van der Waals surface area contributed by atoms with Crippen molar-refractivity contribution < 1.29 is 9.53 Å². The number of fused-ring (bicyclic) bond motifs is 1. The van der Waals surface area contributed by atoms with Crippen molar-refractivity contribution in [1.29, 1.82) is 0 Å². The number of tetrazole rings is 1. The molecule has 3 aromatic carbocycles. The minimum atomic E-state index is 0.0536. The second-order valence-electron chi connectivity index (χ2n) is 9.49. The maximum absolute atomic E-state index is 13.2. The largest absolute Gasteiger partial charge is 0.489 e. The highest BCUT2D eigenvalue weighted by Crippen LogP contribution is 2.30. The first-order valence-electron chi connectivity index (χ1n) is 13.1. The number of carbonyl (C=O) groups excluding carboxylic acids is 1. The molecule has 5 aromatic rings. The summed E-state index contributed by atoms with van der Waals surface area (Å²) in [5, 5.41) is 15.4. The van der Waals surface area contributed by atoms with Gasteiger partial charge < -0.3 is 14.2 Å². The maximum atomic E-state index is 13.2. The van der Waals surface area contributed by atoms with Gasteiger partial charge in [-0.25, -0.2) is 5.10 Å². The predicted octanol–water partition coefficient (Wildman–Crippen LogP) is 5.39. The van der Waals surface area contributed by atoms with E-state index in [1.807, 2.05) is 84.5 Å². The summed E-state index contributed by atoms with van der Waals surface area (Å²) in [5.74, 6) is 1.45. The van der Waals surface area contributed by atoms with Gasteiger partial charge >= 0.3 is 0 Å². The standard InChI is InChI=1S/C31H32N6O2/c1-3-25(31-32-34-35-33-31)18-26-20-37(21-30(38)36(2)17-16-23-10-6-4-7-11-23)29-15-14-27(19-28(26)29)39-22-24-12-8-5-9-13-24/h4-15,18-20H,3,16-17,21-22H2,1-2H3,(H,32,33,34,35)/b25-18+. The fourth-order valence-corrected chi connectivity index (χ4v) is 4.53. The van der Waals surface area contributed by atoms with E-state index in [0.29, 0.717) is 19.0 Å². The molecule has 2 aromatic heterocycles. The number of carbonyl (C=O) groups is 1. The van der Waals surface area contributed by atoms with Crippen molar-refractivity contribution in [3.8, 4) is 5.75 Å². The number of aromatic nitrogens is 5. The van der Waals surface area contributed by atoms with Crippen LogP contribution in [0.25, 0.3) is 22.6 Å². The number of H-pyrrole nitrogens is 1. The molecule has 0 atom stereocenters. The topological polar surface area (TPSA) is 88.9 Å². The number of ether oxygens (including phenoxy) is 1. The van der Waals surface area contributed by atoms with Crippen molar-refractivity contribution in [3.05, 3.63) is 108 Å². The molecule has 0 saturated carbocycles. The SMILES string of the molecule is CC/C(=C\c1cn(CC(=O)N(C)CCc2ccccc2)c2ccc(OCc3ccccc3)cc12)c1nnn[nH]1. The molecule has 198 valence electrons. The minimum absolute atomic E-state index is 0.0536. The van der Waals surface area contributed by atoms with Crippen LogP contribution in [0.5, 0.6) is 5.75 Å². The fourth-order valence-electron chi connectivity index (χ4n) is 4.53. The van der Waals surface area contributed by atoms with E-state index in [0.717, 1.165) is 46.2 Å². The molecule has 1 amide bonds. The number of rotatable bonds is 11. The Morgan fingerprint density at radius 3 is 2.46 bits per heavy atom. The highest BCUT2D eigenvalue weighted by molar-refractivity contribution is 5.95. The predicted molar refractivity (Wildman–Crippen MR) is 153 cm³/mol. The first-order chi connectivity index (χ1) is 19.1. The molecule has 1 N–H and O–H groups in total. The summed E-state index contributed by atoms with van der Waals surface area (Å²) >= 11 is 0. The van der Waals surface area contributed by atoms with Gasteiger partial charge in [0.2, 0.25) is 5.91 Å². The Kier molecular flexibility index (Phi) is 8.12. The Morgan fingerprint density at radius 1 is 1.03 bits per heavy atom. The van der Waals surface area contributed by atoms with Crippen LogP contribution in [0, 0.1) is 0 Å². The Bertz CT molecular complexity index is 1540. The molecule has 0 fully saturated rings. The van der Waals surface area contributed by atoms with Crippen LogP contribution in [-0.4, -0.2) is 49.6 Å². The summed E-state index contributed by atoms with van der Waals surface area (Å²) in [6.45, 7) is 3.44. The summed E-state index contributed by atoms with van der Waals surface area (Å²) in [6.07, 6.45) is 5.66. The fraction of sp³-hybridized carbons (Fsp3) is 0.226. The summed E-state index contributed by atoms with van der Waals surface area (Å²) in [7, 11) is 1.86. The third-order valence-electron chi connectivity index (χ3n) is 6.80. The van der Waals surface area contributed by atoms with Crippen LogP contribution in [0.3, 0.4) is 0 Å². The molecular weight excluding hydrogens is 488 g/mol. The molecule has 8 heteroatoms. The Labute approximate surface area is 227 Å². The number of nitrogens with zero attached hydrogens (tertiary/aromatic N) is 5. The van der Waals surface area contributed by atoms with Gasteiger partial charge in [-0.1, -0.05) is 67.6 Å². The van der Waals surface area contributed by atoms with Crippen LogP contribution in [0.1, 0.15) is 35.9 Å². The molecule has 39 heavy (non-hydrogen) atoms. The summed E-state index contributed by atoms with van der Waals surface area (Å²) < 4.78 is 8.13. The van der Waals surface area contributed by atoms with Gasteiger partial charge in [-0.2, -0.15) is 0 Å². The quantitative estimate of drug-likeness (QED) is 0.252. The number of hydrogen-bond acceptors (Lipinski definition) is 5. The summed E-state index contributed by atoms with van der Waals surface area (Å²) in [6, 6.07) is 26.3. The van der Waals surface area contributed by atoms with Gasteiger partial charge in [0.05, 0.1) is 0 Å². The number of benzene rings is 3. The van der Waals surface area contributed by atoms with Crippen LogP contribution in [0.4, 0.5) is 0 Å². The van der Waals surface area contributed by atoms with E-state index in [2.05, 4.69) is 45.8 Å². The first kappa shape index (κ1) is 25.9. The van der Waals surface area contributed by atoms with Gasteiger partial charge in [0.1, 0.15) is 18.9 Å². The lowest BCUT2D eigenvalue weighted by molar-refractivity contribution is -0.130. The molecule has 0 aliphatic rings. The zero-order valence-electron chi connectivity index (χ0n) is 22.2. The second-order valence-corrected chi connectivity index (χ2v) is 9.49. The van der Waals surface area contributed by atoms with Crippen molar-refractivity contribution in [1.82, 2.24) is 30.1 Å². The van der Waals surface area contributed by atoms with E-state index < -0.39 is 0 Å². The third-order valence-corrected chi connectivity index (χ3v) is 6.80. The van der Waals surface area contributed by atoms with E-state index in [9.17, 15) is 4.79 Å². The Hall–Kier alpha value is -4.72. The lowest BCUT2D eigenvalue weighted by atomic mass is 10.1. The van der Waals surface area contributed by atoms with Gasteiger partial charge in [0.25, 0.3) is 0 Å². The van der Waals surface area contributed by atoms with Crippen LogP contribution in [0.15, 0.2) is 85.1 Å². The molecule has 0 saturated heterocycles. The monoisotopic (exact) mass is 520 g/mol. The molecule has 0 bridgehead atoms. The zero-order valence-corrected chi connectivity index (χ0v) is 22.2. The number of aromatic amines is 1. The smallest absolute Gasteiger partial charge is 0.242 e. The summed E-state index contributed by atoms with van der Waals surface area (Å²) in [4.78, 5) is 15.0. The number of nitrogens with one attached hydrogen (secondary N) is 1. The highest BCUT2D eigenvalue weighted by atomic mass is 16.5. The van der Waals surface area contributed by atoms with E-state index >= 15 is 0 Å². The second kappa shape index (κ2) is 12.2. The van der Waals surface area contributed by atoms with Gasteiger partial charge in [0.15, 0.2) is 5.82 Å². The van der Waals surface area contributed by atoms with Crippen LogP contribution in [0.2, 0.25) is 0 Å². The minimum Gasteiger partial charge on any atom is -0.489 e. The van der Waals surface area contributed by atoms with Crippen molar-refractivity contribution in [2.45, 2.75) is 32.9 Å². The maximum Gasteiger partial charge on any atom is 0.242 e. The molecule has 0 unspecified atom stereocenters. The molecular formula is C31H32N6O2. The molecule has 5 rings (SSSR count). The number of amides is 1. The number of likely N-dealkylation sites (N-methyl/N-ethyl adjacent to an activating group) is 1. The number of hydrogen-bond donors (Lipinski definition) is 1. The molecule has 0 radical (unpaired) electrons. The summed E-state index contributed by atoms with van der Waals surface area (Å²) in [5.41, 5.74) is 5.23. The first-order valence-corrected chi connectivity index (χ1v) is 13.1. The molecule has 0 aliphatic heterocycles. The van der Waals surface area contributed by atoms with Crippen molar-refractivity contribution >= 4 is 28.5 Å². The lowest BCUT2D eigenvalue weighted by Crippen LogP contribution is -2.31. The molecule has 8 nitrogen and oxygen atoms in total. The van der Waals surface area contributed by atoms with Gasteiger partial charge in [-0.3, -0.25) is 4.79 Å². The van der Waals surface area contributed by atoms with Crippen LogP contribution in [-0.2, 0) is 24.4 Å². The normalized spacial score (nSPS) is 11.6. The average molecular weight is 521 g/mol. The Morgan fingerprint density at radius 2 is 1.77 bits per heavy atom. The highest BCUT2D eigenvalue weighted by Gasteiger charge is 2.15. The van der Waals surface area contributed by atoms with E-state index in [1.165, 1.54) is 5.56 Å². The van der Waals surface area contributed by atoms with E-state index in [-0.39, 0.29) is 12.5 Å². The van der Waals surface area contributed by atoms with E-state index in [4.69, 9.17) is 4.74 Å². The zero-order chi connectivity index (χ0) is 27.0. The molecule has 0 aliphatic carbocycles. The van der Waals surface area contributed by atoms with Gasteiger partial charge in [-0.05, 0) is 64.2 Å². The lowest BCUT2D eigenvalue weighted by Gasteiger charge is -2.18. The van der Waals surface area contributed by atoms with E-state index in [1.54, 1.807) is 4.90 Å². The van der Waals surface area contributed by atoms with Gasteiger partial charge in [-0.15, -0.1) is 5.10 Å². The van der Waals surface area contributed by atoms with Crippen molar-refractivity contribution in [3.63, 3.8) is 0 Å². The molecule has 0 spiro atoms. The van der Waals surface area contributed by atoms with Crippen LogP contribution >= 0.6 is 0 Å². The van der Waals surface area contributed by atoms with Gasteiger partial charge in [0, 0.05) is 36.3 Å². The van der Waals surface area contributed by atoms with Crippen molar-refractivity contribution in [2.24, 2.45) is 0 Å². The Balaban J connectivity index is 1.41. The van der Waals surface area contributed by atoms with Crippen LogP contribution < -0.4 is 4.74 Å². The third kappa shape index (κ3) is 6.41. The van der Waals surface area contributed by atoms with Crippen molar-refractivity contribution in [2.75, 3.05) is 13.6 Å². The number of allylic oxidation sites excluding steroid dienone is 1.